The lowest BCUT2D eigenvalue weighted by Crippen LogP contribution is -2.39. The molecule has 0 bridgehead atoms. The Morgan fingerprint density at radius 2 is 2.05 bits per heavy atom. The van der Waals surface area contributed by atoms with Gasteiger partial charge in [0.1, 0.15) is 5.82 Å². The van der Waals surface area contributed by atoms with E-state index in [1.807, 2.05) is 0 Å². The Hall–Kier alpha value is -1.63. The summed E-state index contributed by atoms with van der Waals surface area (Å²) in [5.41, 5.74) is 0.450. The molecule has 7 heteroatoms. The van der Waals surface area contributed by atoms with Crippen molar-refractivity contribution in [3.8, 4) is 0 Å². The molecule has 0 radical (unpaired) electrons. The number of rotatable bonds is 5. The predicted octanol–water partition coefficient (Wildman–Crippen LogP) is 2.74. The van der Waals surface area contributed by atoms with Crippen LogP contribution in [0.4, 0.5) is 17.6 Å². The minimum Gasteiger partial charge on any atom is -0.481 e. The van der Waals surface area contributed by atoms with Crippen LogP contribution in [0.25, 0.3) is 0 Å². The molecule has 106 valence electrons. The zero-order valence-electron chi connectivity index (χ0n) is 10.0. The molecule has 1 rings (SSSR count). The Morgan fingerprint density at radius 1 is 1.42 bits per heavy atom. The molecule has 0 amide bonds. The van der Waals surface area contributed by atoms with E-state index in [9.17, 15) is 22.4 Å². The fourth-order valence-electron chi connectivity index (χ4n) is 1.53. The van der Waals surface area contributed by atoms with Gasteiger partial charge in [-0.05, 0) is 24.6 Å². The second-order valence-corrected chi connectivity index (χ2v) is 4.12. The number of benzene rings is 1. The lowest BCUT2D eigenvalue weighted by molar-refractivity contribution is -0.192. The Balaban J connectivity index is 2.67. The predicted molar refractivity (Wildman–Crippen MR) is 60.0 cm³/mol. The van der Waals surface area contributed by atoms with Gasteiger partial charge < -0.3 is 10.4 Å². The van der Waals surface area contributed by atoms with Crippen molar-refractivity contribution in [2.75, 3.05) is 6.54 Å². The molecule has 0 saturated heterocycles. The first-order valence-electron chi connectivity index (χ1n) is 5.50. The summed E-state index contributed by atoms with van der Waals surface area (Å²) in [7, 11) is 0. The van der Waals surface area contributed by atoms with Crippen LogP contribution in [-0.2, 0) is 4.79 Å². The first-order valence-corrected chi connectivity index (χ1v) is 5.50. The van der Waals surface area contributed by atoms with Gasteiger partial charge in [0, 0.05) is 12.6 Å². The molecule has 0 aliphatic heterocycles. The molecular weight excluding hydrogens is 266 g/mol. The summed E-state index contributed by atoms with van der Waals surface area (Å²) in [6.45, 7) is 0.764. The Kier molecular flexibility index (Phi) is 4.88. The first-order chi connectivity index (χ1) is 8.71. The van der Waals surface area contributed by atoms with Gasteiger partial charge in [-0.1, -0.05) is 12.1 Å². The summed E-state index contributed by atoms with van der Waals surface area (Å²) in [5, 5.41) is 11.0. The maximum Gasteiger partial charge on any atom is 0.403 e. The highest BCUT2D eigenvalue weighted by Gasteiger charge is 2.44. The van der Waals surface area contributed by atoms with Gasteiger partial charge in [-0.15, -0.1) is 0 Å². The van der Waals surface area contributed by atoms with Gasteiger partial charge in [-0.25, -0.2) is 4.39 Å². The fraction of sp³-hybridized carbons (Fsp3) is 0.417. The smallest absolute Gasteiger partial charge is 0.403 e. The van der Waals surface area contributed by atoms with Gasteiger partial charge in [0.05, 0.1) is 0 Å². The third-order valence-corrected chi connectivity index (χ3v) is 2.67. The summed E-state index contributed by atoms with van der Waals surface area (Å²) in [6, 6.07) is 4.79. The van der Waals surface area contributed by atoms with E-state index in [1.54, 1.807) is 6.07 Å². The maximum absolute atomic E-state index is 12.9. The molecule has 0 spiro atoms. The molecule has 0 saturated carbocycles. The number of aliphatic carboxylic acids is 1. The number of nitrogens with one attached hydrogen (secondary N) is 1. The van der Waals surface area contributed by atoms with E-state index >= 15 is 0 Å². The van der Waals surface area contributed by atoms with E-state index in [4.69, 9.17) is 5.11 Å². The van der Waals surface area contributed by atoms with Gasteiger partial charge in [-0.2, -0.15) is 13.2 Å². The highest BCUT2D eigenvalue weighted by molar-refractivity contribution is 5.71. The zero-order chi connectivity index (χ0) is 14.6. The van der Waals surface area contributed by atoms with Crippen LogP contribution >= 0.6 is 0 Å². The number of carboxylic acids is 1. The second-order valence-electron chi connectivity index (χ2n) is 4.12. The monoisotopic (exact) mass is 279 g/mol. The van der Waals surface area contributed by atoms with Crippen molar-refractivity contribution in [2.24, 2.45) is 5.92 Å². The molecular formula is C12H13F4NO2. The molecule has 0 fully saturated rings. The summed E-state index contributed by atoms with van der Waals surface area (Å²) >= 11 is 0. The average molecular weight is 279 g/mol. The zero-order valence-corrected chi connectivity index (χ0v) is 10.0. The molecule has 0 aliphatic carbocycles. The van der Waals surface area contributed by atoms with Crippen LogP contribution < -0.4 is 5.32 Å². The quantitative estimate of drug-likeness (QED) is 0.815. The van der Waals surface area contributed by atoms with Crippen molar-refractivity contribution in [3.05, 3.63) is 35.6 Å². The van der Waals surface area contributed by atoms with E-state index in [0.29, 0.717) is 5.56 Å². The lowest BCUT2D eigenvalue weighted by atomic mass is 10.1. The normalized spacial score (nSPS) is 15.0. The summed E-state index contributed by atoms with van der Waals surface area (Å²) < 4.78 is 50.2. The van der Waals surface area contributed by atoms with Crippen LogP contribution in [0, 0.1) is 11.7 Å². The van der Waals surface area contributed by atoms with E-state index in [2.05, 4.69) is 5.32 Å². The van der Waals surface area contributed by atoms with Gasteiger partial charge in [0.2, 0.25) is 0 Å². The number of carboxylic acid groups (broad SMARTS) is 1. The second kappa shape index (κ2) is 6.01. The summed E-state index contributed by atoms with van der Waals surface area (Å²) in [4.78, 5) is 10.5. The van der Waals surface area contributed by atoms with Crippen LogP contribution in [0.5, 0.6) is 0 Å². The van der Waals surface area contributed by atoms with Crippen molar-refractivity contribution in [2.45, 2.75) is 19.1 Å². The van der Waals surface area contributed by atoms with E-state index in [0.717, 1.165) is 0 Å². The fourth-order valence-corrected chi connectivity index (χ4v) is 1.53. The number of halogens is 4. The molecule has 2 N–H and O–H groups in total. The topological polar surface area (TPSA) is 49.3 Å². The highest BCUT2D eigenvalue weighted by Crippen LogP contribution is 2.26. The summed E-state index contributed by atoms with van der Waals surface area (Å²) in [6.07, 6.45) is -4.82. The van der Waals surface area contributed by atoms with E-state index in [-0.39, 0.29) is 0 Å². The SMILES string of the molecule is C[C@H](NCC(C(=O)O)C(F)(F)F)c1cccc(F)c1. The minimum atomic E-state index is -4.82. The average Bonchev–Trinajstić information content (AvgIpc) is 2.26. The molecule has 3 nitrogen and oxygen atoms in total. The van der Waals surface area contributed by atoms with Gasteiger partial charge in [0.15, 0.2) is 5.92 Å². The van der Waals surface area contributed by atoms with Crippen molar-refractivity contribution in [1.82, 2.24) is 5.32 Å². The van der Waals surface area contributed by atoms with Gasteiger partial charge in [-0.3, -0.25) is 4.79 Å². The maximum atomic E-state index is 12.9. The van der Waals surface area contributed by atoms with Crippen LogP contribution in [-0.4, -0.2) is 23.8 Å². The molecule has 0 aromatic heterocycles. The van der Waals surface area contributed by atoms with Crippen molar-refractivity contribution in [3.63, 3.8) is 0 Å². The van der Waals surface area contributed by atoms with Crippen LogP contribution in [0.15, 0.2) is 24.3 Å². The third-order valence-electron chi connectivity index (χ3n) is 2.67. The molecule has 0 heterocycles. The van der Waals surface area contributed by atoms with Crippen molar-refractivity contribution in [1.29, 1.82) is 0 Å². The van der Waals surface area contributed by atoms with Crippen molar-refractivity contribution < 1.29 is 27.5 Å². The molecule has 19 heavy (non-hydrogen) atoms. The molecule has 1 aromatic rings. The Morgan fingerprint density at radius 3 is 2.53 bits per heavy atom. The number of hydrogen-bond acceptors (Lipinski definition) is 2. The molecule has 1 unspecified atom stereocenters. The van der Waals surface area contributed by atoms with Gasteiger partial charge in [0.25, 0.3) is 0 Å². The Labute approximate surface area is 107 Å². The standard InChI is InChI=1S/C12H13F4NO2/c1-7(8-3-2-4-9(13)5-8)17-6-10(11(18)19)12(14,15)16/h2-5,7,10,17H,6H2,1H3,(H,18,19)/t7-,10?/m0/s1. The number of carbonyl (C=O) groups is 1. The first kappa shape index (κ1) is 15.4. The van der Waals surface area contributed by atoms with Gasteiger partial charge >= 0.3 is 12.1 Å². The Bertz CT molecular complexity index is 448. The number of hydrogen-bond donors (Lipinski definition) is 2. The molecule has 0 aliphatic rings. The summed E-state index contributed by atoms with van der Waals surface area (Å²) in [5.74, 6) is -4.92. The third kappa shape index (κ3) is 4.51. The molecule has 2 atom stereocenters. The van der Waals surface area contributed by atoms with Crippen LogP contribution in [0.1, 0.15) is 18.5 Å². The minimum absolute atomic E-state index is 0.450. The van der Waals surface area contributed by atoms with E-state index in [1.165, 1.54) is 25.1 Å². The highest BCUT2D eigenvalue weighted by atomic mass is 19.4. The van der Waals surface area contributed by atoms with E-state index < -0.39 is 36.5 Å². The van der Waals surface area contributed by atoms with Crippen LogP contribution in [0.3, 0.4) is 0 Å². The lowest BCUT2D eigenvalue weighted by Gasteiger charge is -2.20. The van der Waals surface area contributed by atoms with Crippen molar-refractivity contribution >= 4 is 5.97 Å². The number of alkyl halides is 3. The van der Waals surface area contributed by atoms with Crippen LogP contribution in [0.2, 0.25) is 0 Å². The molecule has 1 aromatic carbocycles. The largest absolute Gasteiger partial charge is 0.481 e.